The van der Waals surface area contributed by atoms with Crippen molar-refractivity contribution in [2.45, 2.75) is 11.5 Å². The van der Waals surface area contributed by atoms with E-state index in [0.717, 1.165) is 0 Å². The Bertz CT molecular complexity index is 62.8. The van der Waals surface area contributed by atoms with Crippen molar-refractivity contribution in [3.8, 4) is 0 Å². The zero-order valence-corrected chi connectivity index (χ0v) is 6.65. The van der Waals surface area contributed by atoms with Crippen LogP contribution in [0.25, 0.3) is 0 Å². The Morgan fingerprint density at radius 1 is 1.00 bits per heavy atom. The molecule has 0 aliphatic rings. The van der Waals surface area contributed by atoms with Crippen molar-refractivity contribution in [1.82, 2.24) is 0 Å². The van der Waals surface area contributed by atoms with Crippen LogP contribution in [0, 0.1) is 0 Å². The second kappa shape index (κ2) is 5.26. The predicted molar refractivity (Wildman–Crippen MR) is 34.4 cm³/mol. The molecule has 0 heterocycles. The number of hydrogen-bond donors (Lipinski definition) is 0. The first-order chi connectivity index (χ1) is 4.20. The number of methoxy groups -OCH3 is 2. The van der Waals surface area contributed by atoms with Gasteiger partial charge in [-0.2, -0.15) is 0 Å². The molecule has 0 fully saturated rings. The highest BCUT2D eigenvalue weighted by Crippen LogP contribution is 2.06. The van der Waals surface area contributed by atoms with E-state index in [2.05, 4.69) is 14.2 Å². The summed E-state index contributed by atoms with van der Waals surface area (Å²) >= 11 is 10.7. The Labute approximate surface area is 63.8 Å². The average Bonchev–Trinajstić information content (AvgIpc) is 1.87. The lowest BCUT2D eigenvalue weighted by Crippen LogP contribution is -2.15. The van der Waals surface area contributed by atoms with E-state index in [9.17, 15) is 0 Å². The smallest absolute Gasteiger partial charge is 0.240 e. The number of hydrogen-bond acceptors (Lipinski definition) is 3. The van der Waals surface area contributed by atoms with Crippen LogP contribution in [0.4, 0.5) is 0 Å². The molecule has 0 N–H and O–H groups in total. The predicted octanol–water partition coefficient (Wildman–Crippen LogP) is 1.34. The van der Waals surface area contributed by atoms with Gasteiger partial charge in [0.1, 0.15) is 0 Å². The minimum Gasteiger partial charge on any atom is -0.343 e. The van der Waals surface area contributed by atoms with E-state index in [1.165, 1.54) is 14.2 Å². The number of ether oxygens (including phenoxy) is 3. The van der Waals surface area contributed by atoms with E-state index in [0.29, 0.717) is 0 Å². The summed E-state index contributed by atoms with van der Waals surface area (Å²) in [5.74, 6) is -1.71. The van der Waals surface area contributed by atoms with Gasteiger partial charge >= 0.3 is 0 Å². The Morgan fingerprint density at radius 2 is 1.33 bits per heavy atom. The minimum absolute atomic E-state index is 0.854. The number of alkyl halides is 2. The molecule has 0 bridgehead atoms. The van der Waals surface area contributed by atoms with Gasteiger partial charge < -0.3 is 9.47 Å². The normalized spacial score (nSPS) is 17.3. The summed E-state index contributed by atoms with van der Waals surface area (Å²) in [5, 5.41) is 0. The molecule has 0 spiro atoms. The quantitative estimate of drug-likeness (QED) is 0.476. The molecule has 0 radical (unpaired) electrons. The van der Waals surface area contributed by atoms with Crippen LogP contribution < -0.4 is 0 Å². The van der Waals surface area contributed by atoms with Gasteiger partial charge in [0, 0.05) is 14.2 Å². The molecule has 0 rings (SSSR count). The molecular formula is C4H8Cl2O3. The molecule has 3 nitrogen and oxygen atoms in total. The van der Waals surface area contributed by atoms with Crippen LogP contribution in [0.2, 0.25) is 0 Å². The van der Waals surface area contributed by atoms with Gasteiger partial charge in [-0.3, -0.25) is 4.74 Å². The molecule has 9 heavy (non-hydrogen) atoms. The molecular weight excluding hydrogens is 167 g/mol. The molecule has 0 aliphatic heterocycles. The molecule has 0 aromatic carbocycles. The van der Waals surface area contributed by atoms with E-state index < -0.39 is 11.5 Å². The summed E-state index contributed by atoms with van der Waals surface area (Å²) in [6.45, 7) is 0. The third-order valence-electron chi connectivity index (χ3n) is 0.585. The van der Waals surface area contributed by atoms with E-state index in [1.807, 2.05) is 0 Å². The van der Waals surface area contributed by atoms with Crippen molar-refractivity contribution >= 4 is 23.2 Å². The fraction of sp³-hybridized carbons (Fsp3) is 1.00. The van der Waals surface area contributed by atoms with E-state index >= 15 is 0 Å². The van der Waals surface area contributed by atoms with Gasteiger partial charge in [0.15, 0.2) is 0 Å². The summed E-state index contributed by atoms with van der Waals surface area (Å²) in [7, 11) is 2.80. The fourth-order valence-corrected chi connectivity index (χ4v) is 0.435. The zero-order chi connectivity index (χ0) is 7.28. The van der Waals surface area contributed by atoms with Gasteiger partial charge in [0.25, 0.3) is 0 Å². The largest absolute Gasteiger partial charge is 0.343 e. The molecule has 56 valence electrons. The van der Waals surface area contributed by atoms with E-state index in [-0.39, 0.29) is 0 Å². The maximum absolute atomic E-state index is 5.33. The highest BCUT2D eigenvalue weighted by atomic mass is 35.5. The summed E-state index contributed by atoms with van der Waals surface area (Å²) in [4.78, 5) is 0. The lowest BCUT2D eigenvalue weighted by molar-refractivity contribution is -0.156. The summed E-state index contributed by atoms with van der Waals surface area (Å²) in [6.07, 6.45) is 0. The Balaban J connectivity index is 3.22. The van der Waals surface area contributed by atoms with Crippen LogP contribution in [-0.4, -0.2) is 25.7 Å². The highest BCUT2D eigenvalue weighted by Gasteiger charge is 2.08. The Morgan fingerprint density at radius 3 is 1.56 bits per heavy atom. The summed E-state index contributed by atoms with van der Waals surface area (Å²) in [5.41, 5.74) is 0. The molecule has 0 aromatic heterocycles. The maximum atomic E-state index is 5.33. The maximum Gasteiger partial charge on any atom is 0.240 e. The van der Waals surface area contributed by atoms with Gasteiger partial charge in [0.05, 0.1) is 0 Å². The first-order valence-corrected chi connectivity index (χ1v) is 3.07. The van der Waals surface area contributed by atoms with E-state index in [1.54, 1.807) is 0 Å². The van der Waals surface area contributed by atoms with Crippen LogP contribution in [0.1, 0.15) is 0 Å². The molecule has 2 atom stereocenters. The van der Waals surface area contributed by atoms with Gasteiger partial charge in [-0.15, -0.1) is 0 Å². The van der Waals surface area contributed by atoms with Crippen LogP contribution >= 0.6 is 23.2 Å². The van der Waals surface area contributed by atoms with Crippen molar-refractivity contribution < 1.29 is 14.2 Å². The minimum atomic E-state index is -0.854. The van der Waals surface area contributed by atoms with Gasteiger partial charge in [-0.25, -0.2) is 0 Å². The van der Waals surface area contributed by atoms with Gasteiger partial charge in [-0.1, -0.05) is 23.2 Å². The molecule has 2 unspecified atom stereocenters. The average molecular weight is 175 g/mol. The molecule has 0 amide bonds. The number of rotatable bonds is 4. The van der Waals surface area contributed by atoms with Crippen molar-refractivity contribution in [1.29, 1.82) is 0 Å². The highest BCUT2D eigenvalue weighted by molar-refractivity contribution is 6.20. The molecule has 0 saturated carbocycles. The van der Waals surface area contributed by atoms with Crippen LogP contribution in [-0.2, 0) is 14.2 Å². The standard InChI is InChI=1S/C4H8Cl2O3/c1-7-3(5)9-4(6)8-2/h3-4H,1-2H3. The third-order valence-corrected chi connectivity index (χ3v) is 1.15. The van der Waals surface area contributed by atoms with Gasteiger partial charge in [-0.05, 0) is 0 Å². The van der Waals surface area contributed by atoms with Crippen molar-refractivity contribution in [3.05, 3.63) is 0 Å². The Kier molecular flexibility index (Phi) is 5.53. The van der Waals surface area contributed by atoms with Crippen molar-refractivity contribution in [2.75, 3.05) is 14.2 Å². The monoisotopic (exact) mass is 174 g/mol. The first-order valence-electron chi connectivity index (χ1n) is 2.20. The lowest BCUT2D eigenvalue weighted by atomic mass is 11.3. The second-order valence-electron chi connectivity index (χ2n) is 1.16. The van der Waals surface area contributed by atoms with Crippen LogP contribution in [0.3, 0.4) is 0 Å². The molecule has 5 heteroatoms. The van der Waals surface area contributed by atoms with Gasteiger partial charge in [0.2, 0.25) is 11.5 Å². The lowest BCUT2D eigenvalue weighted by Gasteiger charge is -2.11. The zero-order valence-electron chi connectivity index (χ0n) is 5.14. The molecule has 0 saturated heterocycles. The number of halogens is 2. The van der Waals surface area contributed by atoms with Crippen LogP contribution in [0.15, 0.2) is 0 Å². The second-order valence-corrected chi connectivity index (χ2v) is 1.87. The first kappa shape index (κ1) is 9.46. The van der Waals surface area contributed by atoms with E-state index in [4.69, 9.17) is 23.2 Å². The van der Waals surface area contributed by atoms with Crippen molar-refractivity contribution in [3.63, 3.8) is 0 Å². The fourth-order valence-electron chi connectivity index (χ4n) is 0.195. The van der Waals surface area contributed by atoms with Crippen LogP contribution in [0.5, 0.6) is 0 Å². The Hall–Kier alpha value is 0.460. The summed E-state index contributed by atoms with van der Waals surface area (Å²) < 4.78 is 13.6. The topological polar surface area (TPSA) is 27.7 Å². The SMILES string of the molecule is COC(Cl)OC(Cl)OC. The summed E-state index contributed by atoms with van der Waals surface area (Å²) in [6, 6.07) is 0. The molecule has 0 aromatic rings. The van der Waals surface area contributed by atoms with Crippen molar-refractivity contribution in [2.24, 2.45) is 0 Å². The molecule has 0 aliphatic carbocycles. The third kappa shape index (κ3) is 4.93.